The molecule has 1 aromatic carbocycles. The smallest absolute Gasteiger partial charge is 0.274 e. The first kappa shape index (κ1) is 13.9. The van der Waals surface area contributed by atoms with E-state index in [1.807, 2.05) is 13.0 Å². The van der Waals surface area contributed by atoms with Crippen LogP contribution in [0.3, 0.4) is 0 Å². The highest BCUT2D eigenvalue weighted by Crippen LogP contribution is 2.45. The summed E-state index contributed by atoms with van der Waals surface area (Å²) in [5.74, 6) is -1.08. The fourth-order valence-corrected chi connectivity index (χ4v) is 2.46. The SMILES string of the molecule is CC1CC(C#N)(C(=O)Nc2cc(F)cc([N+](=O)[O-])c2)C1. The minimum absolute atomic E-state index is 0.0177. The van der Waals surface area contributed by atoms with Crippen LogP contribution in [0.1, 0.15) is 19.8 Å². The normalized spacial score (nSPS) is 24.4. The number of nitriles is 1. The van der Waals surface area contributed by atoms with Crippen molar-refractivity contribution in [2.45, 2.75) is 19.8 Å². The van der Waals surface area contributed by atoms with E-state index in [-0.39, 0.29) is 11.6 Å². The van der Waals surface area contributed by atoms with Crippen molar-refractivity contribution in [2.24, 2.45) is 11.3 Å². The molecule has 1 aromatic rings. The number of hydrogen-bond donors (Lipinski definition) is 1. The molecule has 2 rings (SSSR count). The van der Waals surface area contributed by atoms with Crippen LogP contribution in [0.2, 0.25) is 0 Å². The Kier molecular flexibility index (Phi) is 3.40. The molecule has 6 nitrogen and oxygen atoms in total. The molecule has 0 unspecified atom stereocenters. The minimum atomic E-state index is -1.11. The van der Waals surface area contributed by atoms with Gasteiger partial charge in [0.05, 0.1) is 22.7 Å². The second-order valence-electron chi connectivity index (χ2n) is 5.12. The Morgan fingerprint density at radius 3 is 2.70 bits per heavy atom. The molecular weight excluding hydrogens is 265 g/mol. The van der Waals surface area contributed by atoms with Crippen LogP contribution in [-0.4, -0.2) is 10.8 Å². The van der Waals surface area contributed by atoms with E-state index in [4.69, 9.17) is 5.26 Å². The van der Waals surface area contributed by atoms with E-state index in [1.54, 1.807) is 0 Å². The molecule has 0 saturated heterocycles. The lowest BCUT2D eigenvalue weighted by atomic mass is 9.63. The maximum Gasteiger partial charge on any atom is 0.274 e. The Morgan fingerprint density at radius 2 is 2.20 bits per heavy atom. The van der Waals surface area contributed by atoms with Crippen LogP contribution in [0.15, 0.2) is 18.2 Å². The largest absolute Gasteiger partial charge is 0.324 e. The molecule has 0 aromatic heterocycles. The molecule has 1 amide bonds. The van der Waals surface area contributed by atoms with Gasteiger partial charge in [-0.3, -0.25) is 14.9 Å². The van der Waals surface area contributed by atoms with Gasteiger partial charge in [-0.1, -0.05) is 6.92 Å². The predicted molar refractivity (Wildman–Crippen MR) is 68.1 cm³/mol. The number of nitro groups is 1. The topological polar surface area (TPSA) is 96.0 Å². The lowest BCUT2D eigenvalue weighted by Gasteiger charge is -2.39. The van der Waals surface area contributed by atoms with Gasteiger partial charge in [0.15, 0.2) is 0 Å². The Labute approximate surface area is 114 Å². The average molecular weight is 277 g/mol. The lowest BCUT2D eigenvalue weighted by molar-refractivity contribution is -0.385. The lowest BCUT2D eigenvalue weighted by Crippen LogP contribution is -2.45. The van der Waals surface area contributed by atoms with Crippen molar-refractivity contribution in [1.29, 1.82) is 5.26 Å². The number of carbonyl (C=O) groups is 1. The Balaban J connectivity index is 2.20. The minimum Gasteiger partial charge on any atom is -0.324 e. The van der Waals surface area contributed by atoms with Gasteiger partial charge in [-0.15, -0.1) is 0 Å². The molecule has 1 fully saturated rings. The maximum absolute atomic E-state index is 13.3. The number of nitrogens with one attached hydrogen (secondary N) is 1. The van der Waals surface area contributed by atoms with Gasteiger partial charge in [0, 0.05) is 6.07 Å². The molecule has 0 aliphatic heterocycles. The third kappa shape index (κ3) is 2.45. The van der Waals surface area contributed by atoms with Crippen molar-refractivity contribution in [2.75, 3.05) is 5.32 Å². The van der Waals surface area contributed by atoms with E-state index in [2.05, 4.69) is 5.32 Å². The molecule has 0 atom stereocenters. The standard InChI is InChI=1S/C13H12FN3O3/c1-8-5-13(6-8,7-15)12(18)16-10-2-9(14)3-11(4-10)17(19)20/h2-4,8H,5-6H2,1H3,(H,16,18). The zero-order valence-corrected chi connectivity index (χ0v) is 10.7. The van der Waals surface area contributed by atoms with Gasteiger partial charge in [-0.05, 0) is 24.8 Å². The second kappa shape index (κ2) is 4.89. The first-order valence-corrected chi connectivity index (χ1v) is 6.04. The highest BCUT2D eigenvalue weighted by atomic mass is 19.1. The fourth-order valence-electron chi connectivity index (χ4n) is 2.46. The molecule has 7 heteroatoms. The van der Waals surface area contributed by atoms with Gasteiger partial charge in [0.2, 0.25) is 5.91 Å². The van der Waals surface area contributed by atoms with Crippen LogP contribution in [-0.2, 0) is 4.79 Å². The van der Waals surface area contributed by atoms with Gasteiger partial charge in [0.25, 0.3) is 5.69 Å². The zero-order chi connectivity index (χ0) is 14.9. The molecule has 1 aliphatic carbocycles. The van der Waals surface area contributed by atoms with E-state index in [9.17, 15) is 19.3 Å². The highest BCUT2D eigenvalue weighted by molar-refractivity contribution is 5.98. The zero-order valence-electron chi connectivity index (χ0n) is 10.7. The van der Waals surface area contributed by atoms with Gasteiger partial charge in [-0.25, -0.2) is 4.39 Å². The van der Waals surface area contributed by atoms with Crippen LogP contribution in [0.4, 0.5) is 15.8 Å². The quantitative estimate of drug-likeness (QED) is 0.678. The number of anilines is 1. The van der Waals surface area contributed by atoms with E-state index >= 15 is 0 Å². The molecule has 0 bridgehead atoms. The van der Waals surface area contributed by atoms with Crippen molar-refractivity contribution in [3.05, 3.63) is 34.1 Å². The van der Waals surface area contributed by atoms with Crippen molar-refractivity contribution < 1.29 is 14.1 Å². The predicted octanol–water partition coefficient (Wildman–Crippen LogP) is 2.61. The summed E-state index contributed by atoms with van der Waals surface area (Å²) in [6.07, 6.45) is 0.874. The molecular formula is C13H12FN3O3. The van der Waals surface area contributed by atoms with E-state index in [1.165, 1.54) is 0 Å². The van der Waals surface area contributed by atoms with E-state index in [0.29, 0.717) is 12.8 Å². The summed E-state index contributed by atoms with van der Waals surface area (Å²) in [5.41, 5.74) is -1.58. The summed E-state index contributed by atoms with van der Waals surface area (Å²) in [6.45, 7) is 1.93. The Morgan fingerprint density at radius 1 is 1.55 bits per heavy atom. The summed E-state index contributed by atoms with van der Waals surface area (Å²) in [6, 6.07) is 4.79. The summed E-state index contributed by atoms with van der Waals surface area (Å²) >= 11 is 0. The highest BCUT2D eigenvalue weighted by Gasteiger charge is 2.49. The molecule has 0 radical (unpaired) electrons. The van der Waals surface area contributed by atoms with Gasteiger partial charge < -0.3 is 5.32 Å². The molecule has 1 saturated carbocycles. The van der Waals surface area contributed by atoms with Crippen molar-refractivity contribution in [3.8, 4) is 6.07 Å². The van der Waals surface area contributed by atoms with Gasteiger partial charge in [0.1, 0.15) is 11.2 Å². The van der Waals surface area contributed by atoms with Crippen LogP contribution in [0.25, 0.3) is 0 Å². The van der Waals surface area contributed by atoms with Gasteiger partial charge in [-0.2, -0.15) is 5.26 Å². The van der Waals surface area contributed by atoms with Crippen molar-refractivity contribution in [3.63, 3.8) is 0 Å². The number of nitro benzene ring substituents is 1. The van der Waals surface area contributed by atoms with Crippen LogP contribution in [0.5, 0.6) is 0 Å². The van der Waals surface area contributed by atoms with E-state index < -0.39 is 27.8 Å². The number of halogens is 1. The second-order valence-corrected chi connectivity index (χ2v) is 5.12. The van der Waals surface area contributed by atoms with Crippen LogP contribution < -0.4 is 5.32 Å². The van der Waals surface area contributed by atoms with Crippen LogP contribution in [0, 0.1) is 38.6 Å². The fraction of sp³-hybridized carbons (Fsp3) is 0.385. The van der Waals surface area contributed by atoms with Crippen molar-refractivity contribution >= 4 is 17.3 Å². The number of nitrogens with zero attached hydrogens (tertiary/aromatic N) is 2. The molecule has 0 heterocycles. The number of amides is 1. The molecule has 0 spiro atoms. The maximum atomic E-state index is 13.3. The average Bonchev–Trinajstić information content (AvgIpc) is 2.33. The monoisotopic (exact) mass is 277 g/mol. The van der Waals surface area contributed by atoms with Crippen LogP contribution >= 0.6 is 0 Å². The number of carbonyl (C=O) groups excluding carboxylic acids is 1. The summed E-state index contributed by atoms with van der Waals surface area (Å²) in [4.78, 5) is 21.9. The Hall–Kier alpha value is -2.49. The molecule has 1 N–H and O–H groups in total. The third-order valence-electron chi connectivity index (χ3n) is 3.39. The first-order valence-electron chi connectivity index (χ1n) is 6.04. The van der Waals surface area contributed by atoms with Gasteiger partial charge >= 0.3 is 0 Å². The van der Waals surface area contributed by atoms with E-state index in [0.717, 1.165) is 18.2 Å². The Bertz CT molecular complexity index is 618. The van der Waals surface area contributed by atoms with Crippen molar-refractivity contribution in [1.82, 2.24) is 0 Å². The number of rotatable bonds is 3. The molecule has 20 heavy (non-hydrogen) atoms. The third-order valence-corrected chi connectivity index (χ3v) is 3.39. The molecule has 104 valence electrons. The number of benzene rings is 1. The summed E-state index contributed by atoms with van der Waals surface area (Å²) in [5, 5.41) is 22.1. The first-order chi connectivity index (χ1) is 9.36. The molecule has 1 aliphatic rings. The number of non-ortho nitro benzene ring substituents is 1. The summed E-state index contributed by atoms with van der Waals surface area (Å²) < 4.78 is 13.3. The summed E-state index contributed by atoms with van der Waals surface area (Å²) in [7, 11) is 0. The number of hydrogen-bond acceptors (Lipinski definition) is 4.